The van der Waals surface area contributed by atoms with Crippen LogP contribution in [0.2, 0.25) is 0 Å². The van der Waals surface area contributed by atoms with Gasteiger partial charge in [-0.15, -0.1) is 0 Å². The Balaban J connectivity index is 1.36. The number of aryl methyl sites for hydroxylation is 1. The zero-order chi connectivity index (χ0) is 19.5. The normalized spacial score (nSPS) is 14.5. The summed E-state index contributed by atoms with van der Waals surface area (Å²) in [4.78, 5) is 37.5. The lowest BCUT2D eigenvalue weighted by Crippen LogP contribution is -2.49. The summed E-state index contributed by atoms with van der Waals surface area (Å²) in [6.07, 6.45) is 3.35. The van der Waals surface area contributed by atoms with E-state index in [1.165, 1.54) is 29.1 Å². The van der Waals surface area contributed by atoms with E-state index in [0.717, 1.165) is 18.9 Å². The maximum atomic E-state index is 13.3. The van der Waals surface area contributed by atoms with Crippen LogP contribution in [-0.4, -0.2) is 51.5 Å². The van der Waals surface area contributed by atoms with Gasteiger partial charge in [-0.2, -0.15) is 0 Å². The highest BCUT2D eigenvalue weighted by Gasteiger charge is 2.21. The lowest BCUT2D eigenvalue weighted by Gasteiger charge is -2.35. The second kappa shape index (κ2) is 7.75. The van der Waals surface area contributed by atoms with Gasteiger partial charge in [0.25, 0.3) is 5.56 Å². The maximum Gasteiger partial charge on any atom is 0.261 e. The predicted molar refractivity (Wildman–Crippen MR) is 104 cm³/mol. The minimum atomic E-state index is -0.433. The molecule has 7 nitrogen and oxygen atoms in total. The van der Waals surface area contributed by atoms with Crippen molar-refractivity contribution in [1.82, 2.24) is 19.4 Å². The summed E-state index contributed by atoms with van der Waals surface area (Å²) < 4.78 is 14.7. The summed E-state index contributed by atoms with van der Waals surface area (Å²) in [6, 6.07) is 9.68. The smallest absolute Gasteiger partial charge is 0.261 e. The molecule has 1 aliphatic rings. The molecule has 0 bridgehead atoms. The summed E-state index contributed by atoms with van der Waals surface area (Å²) in [5.41, 5.74) is 0.0518. The number of carbonyl (C=O) groups excluding carboxylic acids is 1. The van der Waals surface area contributed by atoms with Crippen molar-refractivity contribution in [1.29, 1.82) is 0 Å². The number of pyridine rings is 1. The van der Waals surface area contributed by atoms with E-state index in [-0.39, 0.29) is 24.4 Å². The van der Waals surface area contributed by atoms with Crippen LogP contribution in [0.4, 0.5) is 10.2 Å². The number of nitrogens with zero attached hydrogens (tertiary/aromatic N) is 5. The van der Waals surface area contributed by atoms with Crippen molar-refractivity contribution in [2.24, 2.45) is 0 Å². The largest absolute Gasteiger partial charge is 0.353 e. The van der Waals surface area contributed by atoms with Gasteiger partial charge in [0.05, 0.1) is 17.2 Å². The lowest BCUT2D eigenvalue weighted by molar-refractivity contribution is -0.131. The predicted octanol–water partition coefficient (Wildman–Crippen LogP) is 1.67. The first-order valence-electron chi connectivity index (χ1n) is 9.20. The first kappa shape index (κ1) is 18.1. The van der Waals surface area contributed by atoms with Gasteiger partial charge in [0.15, 0.2) is 0 Å². The number of fused-ring (bicyclic) bond motifs is 1. The molecule has 1 saturated heterocycles. The lowest BCUT2D eigenvalue weighted by atomic mass is 10.2. The number of hydrogen-bond donors (Lipinski definition) is 0. The first-order chi connectivity index (χ1) is 13.6. The SMILES string of the molecule is O=C(CCn1cnc2cc(F)ccc2c1=O)N1CCN(c2ccccn2)CC1. The molecule has 1 aromatic carbocycles. The highest BCUT2D eigenvalue weighted by molar-refractivity contribution is 5.78. The van der Waals surface area contributed by atoms with Gasteiger partial charge < -0.3 is 9.80 Å². The number of rotatable bonds is 4. The number of benzene rings is 1. The van der Waals surface area contributed by atoms with E-state index in [0.29, 0.717) is 24.0 Å². The van der Waals surface area contributed by atoms with Crippen molar-refractivity contribution >= 4 is 22.6 Å². The number of carbonyl (C=O) groups is 1. The highest BCUT2D eigenvalue weighted by atomic mass is 19.1. The standard InChI is InChI=1S/C20H20FN5O2/c21-15-4-5-16-17(13-15)23-14-26(20(16)28)8-6-19(27)25-11-9-24(10-12-25)18-3-1-2-7-22-18/h1-5,7,13-14H,6,8-12H2. The first-order valence-corrected chi connectivity index (χ1v) is 9.20. The van der Waals surface area contributed by atoms with E-state index in [2.05, 4.69) is 14.9 Å². The van der Waals surface area contributed by atoms with E-state index in [1.54, 1.807) is 6.20 Å². The Morgan fingerprint density at radius 3 is 2.64 bits per heavy atom. The van der Waals surface area contributed by atoms with Gasteiger partial charge in [-0.3, -0.25) is 14.2 Å². The number of halogens is 1. The molecule has 0 aliphatic carbocycles. The Morgan fingerprint density at radius 2 is 1.89 bits per heavy atom. The zero-order valence-corrected chi connectivity index (χ0v) is 15.3. The molecule has 1 amide bonds. The van der Waals surface area contributed by atoms with Crippen molar-refractivity contribution in [3.8, 4) is 0 Å². The molecule has 2 aromatic heterocycles. The molecule has 4 rings (SSSR count). The summed E-state index contributed by atoms with van der Waals surface area (Å²) in [6.45, 7) is 2.95. The monoisotopic (exact) mass is 381 g/mol. The molecule has 144 valence electrons. The quantitative estimate of drug-likeness (QED) is 0.688. The maximum absolute atomic E-state index is 13.3. The van der Waals surface area contributed by atoms with Crippen LogP contribution in [0.15, 0.2) is 53.7 Å². The molecule has 0 spiro atoms. The summed E-state index contributed by atoms with van der Waals surface area (Å²) in [7, 11) is 0. The molecule has 0 unspecified atom stereocenters. The zero-order valence-electron chi connectivity index (χ0n) is 15.3. The van der Waals surface area contributed by atoms with E-state index in [9.17, 15) is 14.0 Å². The van der Waals surface area contributed by atoms with Crippen LogP contribution in [0.3, 0.4) is 0 Å². The van der Waals surface area contributed by atoms with Gasteiger partial charge in [0.1, 0.15) is 11.6 Å². The fraction of sp³-hybridized carbons (Fsp3) is 0.300. The van der Waals surface area contributed by atoms with E-state index in [1.807, 2.05) is 23.1 Å². The minimum Gasteiger partial charge on any atom is -0.353 e. The second-order valence-electron chi connectivity index (χ2n) is 6.71. The van der Waals surface area contributed by atoms with Gasteiger partial charge in [0, 0.05) is 51.4 Å². The Morgan fingerprint density at radius 1 is 1.07 bits per heavy atom. The van der Waals surface area contributed by atoms with Crippen LogP contribution in [0.1, 0.15) is 6.42 Å². The fourth-order valence-corrected chi connectivity index (χ4v) is 3.39. The van der Waals surface area contributed by atoms with Gasteiger partial charge in [0.2, 0.25) is 5.91 Å². The molecule has 8 heteroatoms. The summed E-state index contributed by atoms with van der Waals surface area (Å²) in [5, 5.41) is 0.348. The van der Waals surface area contributed by atoms with Gasteiger partial charge in [-0.05, 0) is 24.3 Å². The second-order valence-corrected chi connectivity index (χ2v) is 6.71. The van der Waals surface area contributed by atoms with Crippen LogP contribution in [0.5, 0.6) is 0 Å². The molecule has 28 heavy (non-hydrogen) atoms. The third-order valence-electron chi connectivity index (χ3n) is 4.96. The Hall–Kier alpha value is -3.29. The summed E-state index contributed by atoms with van der Waals surface area (Å²) >= 11 is 0. The molecule has 1 fully saturated rings. The number of piperazine rings is 1. The topological polar surface area (TPSA) is 71.3 Å². The van der Waals surface area contributed by atoms with Crippen LogP contribution in [0.25, 0.3) is 10.9 Å². The molecule has 3 heterocycles. The fourth-order valence-electron chi connectivity index (χ4n) is 3.39. The van der Waals surface area contributed by atoms with E-state index >= 15 is 0 Å². The van der Waals surface area contributed by atoms with Crippen molar-refractivity contribution in [2.45, 2.75) is 13.0 Å². The molecule has 0 N–H and O–H groups in total. The molecular formula is C20H20FN5O2. The number of aromatic nitrogens is 3. The van der Waals surface area contributed by atoms with E-state index in [4.69, 9.17) is 0 Å². The Labute approximate surface area is 161 Å². The van der Waals surface area contributed by atoms with Crippen molar-refractivity contribution in [3.05, 3.63) is 65.1 Å². The highest BCUT2D eigenvalue weighted by Crippen LogP contribution is 2.13. The third kappa shape index (κ3) is 3.71. The average Bonchev–Trinajstić information content (AvgIpc) is 2.74. The van der Waals surface area contributed by atoms with Gasteiger partial charge in [-0.25, -0.2) is 14.4 Å². The Bertz CT molecular complexity index is 1050. The molecule has 3 aromatic rings. The molecular weight excluding hydrogens is 361 g/mol. The van der Waals surface area contributed by atoms with Gasteiger partial charge >= 0.3 is 0 Å². The van der Waals surface area contributed by atoms with Crippen molar-refractivity contribution < 1.29 is 9.18 Å². The molecule has 0 radical (unpaired) electrons. The third-order valence-corrected chi connectivity index (χ3v) is 4.96. The number of hydrogen-bond acceptors (Lipinski definition) is 5. The van der Waals surface area contributed by atoms with Crippen LogP contribution in [-0.2, 0) is 11.3 Å². The van der Waals surface area contributed by atoms with Crippen LogP contribution in [0, 0.1) is 5.82 Å². The van der Waals surface area contributed by atoms with Crippen LogP contribution < -0.4 is 10.5 Å². The van der Waals surface area contributed by atoms with Gasteiger partial charge in [-0.1, -0.05) is 6.07 Å². The molecule has 1 aliphatic heterocycles. The number of amides is 1. The average molecular weight is 381 g/mol. The van der Waals surface area contributed by atoms with Crippen molar-refractivity contribution in [2.75, 3.05) is 31.1 Å². The number of anilines is 1. The molecule has 0 saturated carbocycles. The summed E-state index contributed by atoms with van der Waals surface area (Å²) in [5.74, 6) is 0.490. The molecule has 0 atom stereocenters. The van der Waals surface area contributed by atoms with E-state index < -0.39 is 5.82 Å². The minimum absolute atomic E-state index is 0.00627. The Kier molecular flexibility index (Phi) is 5.01. The van der Waals surface area contributed by atoms with Crippen molar-refractivity contribution in [3.63, 3.8) is 0 Å². The van der Waals surface area contributed by atoms with Crippen LogP contribution >= 0.6 is 0 Å².